The number of aryl methyl sites for hydroxylation is 1. The fourth-order valence-corrected chi connectivity index (χ4v) is 2.68. The Morgan fingerprint density at radius 3 is 2.41 bits per heavy atom. The van der Waals surface area contributed by atoms with Crippen LogP contribution in [0.3, 0.4) is 0 Å². The number of hydrogen-bond acceptors (Lipinski definition) is 2. The van der Waals surface area contributed by atoms with Gasteiger partial charge in [0.25, 0.3) is 0 Å². The summed E-state index contributed by atoms with van der Waals surface area (Å²) in [5.74, 6) is 0. The van der Waals surface area contributed by atoms with Crippen LogP contribution in [-0.4, -0.2) is 6.54 Å². The first-order valence-corrected chi connectivity index (χ1v) is 7.40. The van der Waals surface area contributed by atoms with Crippen molar-refractivity contribution in [3.63, 3.8) is 0 Å². The van der Waals surface area contributed by atoms with Crippen LogP contribution in [0.1, 0.15) is 55.2 Å². The Bertz CT molecular complexity index is 273. The van der Waals surface area contributed by atoms with Gasteiger partial charge in [0, 0.05) is 16.3 Å². The van der Waals surface area contributed by atoms with E-state index in [4.69, 9.17) is 0 Å². The zero-order valence-corrected chi connectivity index (χ0v) is 12.8. The molecule has 3 heteroatoms. The molecule has 0 aliphatic rings. The number of thiophene rings is 1. The molecule has 0 amide bonds. The maximum atomic E-state index is 3.52. The van der Waals surface area contributed by atoms with Gasteiger partial charge in [0.2, 0.25) is 0 Å². The summed E-state index contributed by atoms with van der Waals surface area (Å²) in [6.45, 7) is 6.66. The molecule has 1 heterocycles. The minimum absolute atomic E-state index is 0. The molecule has 1 N–H and O–H groups in total. The molecule has 1 aromatic heterocycles. The molecule has 0 saturated heterocycles. The summed E-state index contributed by atoms with van der Waals surface area (Å²) in [4.78, 5) is 2.87. The summed E-state index contributed by atoms with van der Waals surface area (Å²) in [6.07, 6.45) is 8.29. The molecule has 0 spiro atoms. The molecule has 0 fully saturated rings. The third-order valence-corrected chi connectivity index (χ3v) is 3.80. The van der Waals surface area contributed by atoms with E-state index in [1.807, 2.05) is 11.3 Å². The van der Waals surface area contributed by atoms with Crippen molar-refractivity contribution in [3.05, 3.63) is 21.9 Å². The van der Waals surface area contributed by atoms with Gasteiger partial charge in [-0.1, -0.05) is 39.0 Å². The normalized spacial score (nSPS) is 10.2. The number of halogens is 1. The van der Waals surface area contributed by atoms with E-state index in [0.29, 0.717) is 0 Å². The molecule has 1 rings (SSSR count). The molecule has 0 bridgehead atoms. The Morgan fingerprint density at radius 2 is 1.76 bits per heavy atom. The molecule has 0 atom stereocenters. The maximum Gasteiger partial charge on any atom is 0.0299 e. The number of unbranched alkanes of at least 4 members (excludes halogenated alkanes) is 5. The van der Waals surface area contributed by atoms with E-state index in [-0.39, 0.29) is 12.4 Å². The van der Waals surface area contributed by atoms with Crippen molar-refractivity contribution >= 4 is 23.7 Å². The Balaban J connectivity index is 0.00000256. The summed E-state index contributed by atoms with van der Waals surface area (Å²) in [5.41, 5.74) is 0. The van der Waals surface area contributed by atoms with Gasteiger partial charge in [-0.15, -0.1) is 23.7 Å². The van der Waals surface area contributed by atoms with Crippen LogP contribution in [0, 0.1) is 6.92 Å². The van der Waals surface area contributed by atoms with Crippen LogP contribution in [0.5, 0.6) is 0 Å². The Labute approximate surface area is 116 Å². The third-order valence-electron chi connectivity index (χ3n) is 2.80. The van der Waals surface area contributed by atoms with E-state index in [1.54, 1.807) is 0 Å². The Hall–Kier alpha value is -0.0500. The van der Waals surface area contributed by atoms with E-state index < -0.39 is 0 Å². The second-order valence-electron chi connectivity index (χ2n) is 4.46. The van der Waals surface area contributed by atoms with Crippen LogP contribution in [0.4, 0.5) is 0 Å². The van der Waals surface area contributed by atoms with Gasteiger partial charge in [0.15, 0.2) is 0 Å². The number of nitrogens with one attached hydrogen (secondary N) is 1. The van der Waals surface area contributed by atoms with Gasteiger partial charge in [-0.3, -0.25) is 0 Å². The second-order valence-corrected chi connectivity index (χ2v) is 5.83. The first-order valence-electron chi connectivity index (χ1n) is 6.59. The van der Waals surface area contributed by atoms with Gasteiger partial charge < -0.3 is 5.32 Å². The van der Waals surface area contributed by atoms with Crippen molar-refractivity contribution in [2.75, 3.05) is 6.54 Å². The minimum Gasteiger partial charge on any atom is -0.312 e. The van der Waals surface area contributed by atoms with E-state index in [0.717, 1.165) is 6.54 Å². The highest BCUT2D eigenvalue weighted by Crippen LogP contribution is 2.14. The molecule has 0 radical (unpaired) electrons. The predicted octanol–water partition coefficient (Wildman–Crippen LogP) is 4.93. The van der Waals surface area contributed by atoms with Crippen LogP contribution in [0.2, 0.25) is 0 Å². The quantitative estimate of drug-likeness (QED) is 0.630. The molecule has 0 aliphatic heterocycles. The predicted molar refractivity (Wildman–Crippen MR) is 81.4 cm³/mol. The highest BCUT2D eigenvalue weighted by Gasteiger charge is 1.95. The number of hydrogen-bond donors (Lipinski definition) is 1. The molecule has 17 heavy (non-hydrogen) atoms. The van der Waals surface area contributed by atoms with E-state index >= 15 is 0 Å². The second kappa shape index (κ2) is 11.1. The van der Waals surface area contributed by atoms with Crippen LogP contribution < -0.4 is 5.32 Å². The molecule has 100 valence electrons. The van der Waals surface area contributed by atoms with Gasteiger partial charge in [-0.2, -0.15) is 0 Å². The van der Waals surface area contributed by atoms with Gasteiger partial charge in [-0.05, 0) is 32.0 Å². The standard InChI is InChI=1S/C14H25NS.ClH/c1-3-4-5-6-7-8-11-15-12-14-10-9-13(2)16-14;/h9-10,15H,3-8,11-12H2,1-2H3;1H. The van der Waals surface area contributed by atoms with Gasteiger partial charge in [0.1, 0.15) is 0 Å². The zero-order chi connectivity index (χ0) is 11.6. The van der Waals surface area contributed by atoms with Crippen molar-refractivity contribution in [2.45, 2.75) is 58.9 Å². The highest BCUT2D eigenvalue weighted by atomic mass is 35.5. The maximum absolute atomic E-state index is 3.52. The summed E-state index contributed by atoms with van der Waals surface area (Å²) >= 11 is 1.90. The SMILES string of the molecule is CCCCCCCCNCc1ccc(C)s1.Cl. The lowest BCUT2D eigenvalue weighted by atomic mass is 10.1. The van der Waals surface area contributed by atoms with Crippen molar-refractivity contribution in [3.8, 4) is 0 Å². The molecule has 0 saturated carbocycles. The van der Waals surface area contributed by atoms with Gasteiger partial charge in [0.05, 0.1) is 0 Å². The third kappa shape index (κ3) is 8.64. The zero-order valence-electron chi connectivity index (χ0n) is 11.1. The lowest BCUT2D eigenvalue weighted by Crippen LogP contribution is -2.13. The molecule has 0 aliphatic carbocycles. The van der Waals surface area contributed by atoms with Crippen molar-refractivity contribution in [1.29, 1.82) is 0 Å². The Kier molecular flexibility index (Phi) is 11.0. The first kappa shape index (κ1) is 16.9. The van der Waals surface area contributed by atoms with Crippen LogP contribution in [0.25, 0.3) is 0 Å². The average Bonchev–Trinajstić information content (AvgIpc) is 2.68. The smallest absolute Gasteiger partial charge is 0.0299 e. The lowest BCUT2D eigenvalue weighted by molar-refractivity contribution is 0.573. The van der Waals surface area contributed by atoms with Crippen molar-refractivity contribution < 1.29 is 0 Å². The Morgan fingerprint density at radius 1 is 1.06 bits per heavy atom. The molecule has 0 aromatic carbocycles. The van der Waals surface area contributed by atoms with Crippen molar-refractivity contribution in [1.82, 2.24) is 5.32 Å². The fraction of sp³-hybridized carbons (Fsp3) is 0.714. The van der Waals surface area contributed by atoms with Crippen molar-refractivity contribution in [2.24, 2.45) is 0 Å². The average molecular weight is 276 g/mol. The van der Waals surface area contributed by atoms with Crippen LogP contribution >= 0.6 is 23.7 Å². The first-order chi connectivity index (χ1) is 7.83. The summed E-state index contributed by atoms with van der Waals surface area (Å²) < 4.78 is 0. The number of rotatable bonds is 9. The van der Waals surface area contributed by atoms with Gasteiger partial charge in [-0.25, -0.2) is 0 Å². The topological polar surface area (TPSA) is 12.0 Å². The molecular weight excluding hydrogens is 250 g/mol. The summed E-state index contributed by atoms with van der Waals surface area (Å²) in [5, 5.41) is 3.52. The van der Waals surface area contributed by atoms with Crippen LogP contribution in [0.15, 0.2) is 12.1 Å². The molecule has 0 unspecified atom stereocenters. The lowest BCUT2D eigenvalue weighted by Gasteiger charge is -2.03. The summed E-state index contributed by atoms with van der Waals surface area (Å²) in [6, 6.07) is 4.43. The monoisotopic (exact) mass is 275 g/mol. The minimum atomic E-state index is 0. The summed E-state index contributed by atoms with van der Waals surface area (Å²) in [7, 11) is 0. The fourth-order valence-electron chi connectivity index (χ4n) is 1.82. The molecule has 1 aromatic rings. The van der Waals surface area contributed by atoms with E-state index in [1.165, 1.54) is 54.8 Å². The largest absolute Gasteiger partial charge is 0.312 e. The molecule has 1 nitrogen and oxygen atoms in total. The van der Waals surface area contributed by atoms with Crippen LogP contribution in [-0.2, 0) is 6.54 Å². The molecular formula is C14H26ClNS. The van der Waals surface area contributed by atoms with E-state index in [9.17, 15) is 0 Å². The van der Waals surface area contributed by atoms with Gasteiger partial charge >= 0.3 is 0 Å². The van der Waals surface area contributed by atoms with E-state index in [2.05, 4.69) is 31.3 Å². The highest BCUT2D eigenvalue weighted by molar-refractivity contribution is 7.11.